The lowest BCUT2D eigenvalue weighted by atomic mass is 10.0. The van der Waals surface area contributed by atoms with Crippen LogP contribution < -0.4 is 0 Å². The van der Waals surface area contributed by atoms with Crippen LogP contribution in [-0.2, 0) is 20.2 Å². The highest BCUT2D eigenvalue weighted by atomic mass is 32.2. The van der Waals surface area contributed by atoms with Gasteiger partial charge in [0.05, 0.1) is 4.91 Å². The molecule has 0 heterocycles. The Morgan fingerprint density at radius 1 is 0.667 bits per heavy atom. The fraction of sp³-hybridized carbons (Fsp3) is 0.0714. The van der Waals surface area contributed by atoms with Gasteiger partial charge in [0.2, 0.25) is 0 Å². The lowest BCUT2D eigenvalue weighted by Gasteiger charge is -2.05. The third kappa shape index (κ3) is 6.99. The molecule has 6 nitrogen and oxygen atoms in total. The van der Waals surface area contributed by atoms with Crippen molar-refractivity contribution in [3.05, 3.63) is 118 Å². The third-order valence-electron chi connectivity index (χ3n) is 5.40. The van der Waals surface area contributed by atoms with Crippen molar-refractivity contribution in [2.45, 2.75) is 18.7 Å². The molecule has 0 atom stereocenters. The third-order valence-corrected chi connectivity index (χ3v) is 7.35. The number of allylic oxidation sites excluding steroid dienone is 4. The van der Waals surface area contributed by atoms with E-state index >= 15 is 0 Å². The summed E-state index contributed by atoms with van der Waals surface area (Å²) in [5, 5.41) is 0. The first-order chi connectivity index (χ1) is 17.0. The predicted octanol–water partition coefficient (Wildman–Crippen LogP) is 6.52. The molecule has 8 heteroatoms. The lowest BCUT2D eigenvalue weighted by Crippen LogP contribution is -2.03. The Labute approximate surface area is 212 Å². The minimum atomic E-state index is -4.31. The van der Waals surface area contributed by atoms with Crippen molar-refractivity contribution in [3.8, 4) is 11.1 Å². The quantitative estimate of drug-likeness (QED) is 0.198. The fourth-order valence-electron chi connectivity index (χ4n) is 3.58. The zero-order valence-electron chi connectivity index (χ0n) is 19.7. The molecule has 36 heavy (non-hydrogen) atoms. The van der Waals surface area contributed by atoms with Gasteiger partial charge in [-0.25, -0.2) is 0 Å². The molecule has 0 saturated carbocycles. The topological polar surface area (TPSA) is 109 Å². The summed E-state index contributed by atoms with van der Waals surface area (Å²) in [6, 6.07) is 21.6. The van der Waals surface area contributed by atoms with Gasteiger partial charge in [0, 0.05) is 0 Å². The largest absolute Gasteiger partial charge is 0.295 e. The first-order valence-electron chi connectivity index (χ1n) is 11.0. The zero-order valence-corrected chi connectivity index (χ0v) is 21.4. The average molecular weight is 523 g/mol. The second-order valence-corrected chi connectivity index (χ2v) is 10.6. The Morgan fingerprint density at radius 3 is 1.67 bits per heavy atom. The Bertz CT molecular complexity index is 1560. The Hall–Kier alpha value is -3.56. The van der Waals surface area contributed by atoms with Crippen LogP contribution in [0.4, 0.5) is 0 Å². The summed E-state index contributed by atoms with van der Waals surface area (Å²) in [5.41, 5.74) is 4.48. The molecule has 3 rings (SSSR count). The highest BCUT2D eigenvalue weighted by molar-refractivity contribution is 7.90. The fourth-order valence-corrected chi connectivity index (χ4v) is 5.05. The van der Waals surface area contributed by atoms with Gasteiger partial charge in [-0.05, 0) is 53.3 Å². The standard InChI is InChI=1S/C28H26O6S2/c1-3-23(27(4-2)35(29,30)31)15-9-21-10-16-24(17-11-21)25-18-12-22(13-19-25)14-20-26-7-5-6-8-28(26)36(32,33)34/h3-20H,1-2H3,(H,29,30,31)(H,32,33,34). The summed E-state index contributed by atoms with van der Waals surface area (Å²) in [6.07, 6.45) is 9.78. The molecule has 0 amide bonds. The summed E-state index contributed by atoms with van der Waals surface area (Å²) in [5.74, 6) is 0. The van der Waals surface area contributed by atoms with Gasteiger partial charge in [-0.2, -0.15) is 16.8 Å². The van der Waals surface area contributed by atoms with Crippen LogP contribution in [0.15, 0.2) is 106 Å². The molecule has 186 valence electrons. The molecule has 0 saturated heterocycles. The van der Waals surface area contributed by atoms with Crippen LogP contribution in [0.25, 0.3) is 29.4 Å². The van der Waals surface area contributed by atoms with Crippen molar-refractivity contribution in [1.29, 1.82) is 0 Å². The second kappa shape index (κ2) is 11.5. The van der Waals surface area contributed by atoms with E-state index in [-0.39, 0.29) is 9.80 Å². The Kier molecular flexibility index (Phi) is 8.60. The summed E-state index contributed by atoms with van der Waals surface area (Å²) >= 11 is 0. The van der Waals surface area contributed by atoms with Crippen molar-refractivity contribution < 1.29 is 25.9 Å². The van der Waals surface area contributed by atoms with Gasteiger partial charge in [0.25, 0.3) is 20.2 Å². The summed E-state index contributed by atoms with van der Waals surface area (Å²) in [6.45, 7) is 3.25. The summed E-state index contributed by atoms with van der Waals surface area (Å²) < 4.78 is 64.9. The molecule has 0 fully saturated rings. The van der Waals surface area contributed by atoms with Crippen LogP contribution in [0, 0.1) is 0 Å². The molecular weight excluding hydrogens is 496 g/mol. The molecule has 0 aliphatic rings. The van der Waals surface area contributed by atoms with Crippen LogP contribution in [-0.4, -0.2) is 25.9 Å². The molecule has 2 N–H and O–H groups in total. The normalized spacial score (nSPS) is 13.6. The van der Waals surface area contributed by atoms with Crippen molar-refractivity contribution in [1.82, 2.24) is 0 Å². The van der Waals surface area contributed by atoms with E-state index in [0.717, 1.165) is 22.3 Å². The van der Waals surface area contributed by atoms with Crippen molar-refractivity contribution in [2.24, 2.45) is 0 Å². The molecule has 0 unspecified atom stereocenters. The van der Waals surface area contributed by atoms with Crippen molar-refractivity contribution >= 4 is 38.5 Å². The summed E-state index contributed by atoms with van der Waals surface area (Å²) in [4.78, 5) is -0.290. The van der Waals surface area contributed by atoms with Gasteiger partial charge in [-0.15, -0.1) is 0 Å². The maximum Gasteiger partial charge on any atom is 0.295 e. The molecule has 0 bridgehead atoms. The van der Waals surface area contributed by atoms with Gasteiger partial charge in [0.1, 0.15) is 4.90 Å². The highest BCUT2D eigenvalue weighted by Gasteiger charge is 2.15. The monoisotopic (exact) mass is 522 g/mol. The SMILES string of the molecule is CC=C(C=Cc1ccc(-c2ccc(C=Cc3ccccc3S(=O)(=O)O)cc2)cc1)C(=CC)S(=O)(=O)O. The molecule has 0 aliphatic carbocycles. The van der Waals surface area contributed by atoms with Crippen LogP contribution in [0.5, 0.6) is 0 Å². The number of hydrogen-bond donors (Lipinski definition) is 2. The van der Waals surface area contributed by atoms with Gasteiger partial charge in [-0.3, -0.25) is 9.11 Å². The molecule has 3 aromatic carbocycles. The molecule has 0 aliphatic heterocycles. The minimum Gasteiger partial charge on any atom is -0.282 e. The van der Waals surface area contributed by atoms with E-state index < -0.39 is 20.2 Å². The van der Waals surface area contributed by atoms with Gasteiger partial charge < -0.3 is 0 Å². The highest BCUT2D eigenvalue weighted by Crippen LogP contribution is 2.24. The van der Waals surface area contributed by atoms with E-state index in [1.165, 1.54) is 12.1 Å². The first kappa shape index (κ1) is 27.0. The van der Waals surface area contributed by atoms with E-state index in [2.05, 4.69) is 0 Å². The molecular formula is C28H26O6S2. The second-order valence-electron chi connectivity index (χ2n) is 7.80. The van der Waals surface area contributed by atoms with Gasteiger partial charge in [-0.1, -0.05) is 103 Å². The molecule has 0 spiro atoms. The van der Waals surface area contributed by atoms with Gasteiger partial charge in [0.15, 0.2) is 0 Å². The van der Waals surface area contributed by atoms with E-state index in [1.54, 1.807) is 62.4 Å². The maximum absolute atomic E-state index is 11.5. The molecule has 3 aromatic rings. The zero-order chi connectivity index (χ0) is 26.3. The van der Waals surface area contributed by atoms with E-state index in [9.17, 15) is 25.9 Å². The first-order valence-corrected chi connectivity index (χ1v) is 13.8. The van der Waals surface area contributed by atoms with Crippen LogP contribution in [0.2, 0.25) is 0 Å². The predicted molar refractivity (Wildman–Crippen MR) is 145 cm³/mol. The number of rotatable bonds is 8. The minimum absolute atomic E-state index is 0.145. The van der Waals surface area contributed by atoms with Crippen molar-refractivity contribution in [2.75, 3.05) is 0 Å². The van der Waals surface area contributed by atoms with Crippen molar-refractivity contribution in [3.63, 3.8) is 0 Å². The lowest BCUT2D eigenvalue weighted by molar-refractivity contribution is 0.482. The van der Waals surface area contributed by atoms with E-state index in [0.29, 0.717) is 11.1 Å². The summed E-state index contributed by atoms with van der Waals surface area (Å²) in [7, 11) is -8.61. The molecule has 0 aromatic heterocycles. The van der Waals surface area contributed by atoms with Crippen LogP contribution in [0.1, 0.15) is 30.5 Å². The van der Waals surface area contributed by atoms with Crippen LogP contribution >= 0.6 is 0 Å². The maximum atomic E-state index is 11.5. The number of benzene rings is 3. The van der Waals surface area contributed by atoms with E-state index in [4.69, 9.17) is 0 Å². The Balaban J connectivity index is 1.75. The average Bonchev–Trinajstić information content (AvgIpc) is 2.85. The van der Waals surface area contributed by atoms with Gasteiger partial charge >= 0.3 is 0 Å². The number of hydrogen-bond acceptors (Lipinski definition) is 4. The smallest absolute Gasteiger partial charge is 0.282 e. The van der Waals surface area contributed by atoms with E-state index in [1.807, 2.05) is 48.5 Å². The Morgan fingerprint density at radius 2 is 1.19 bits per heavy atom. The van der Waals surface area contributed by atoms with Crippen LogP contribution in [0.3, 0.4) is 0 Å². The molecule has 0 radical (unpaired) electrons.